The number of hydrogen-bond acceptors (Lipinski definition) is 3. The molecule has 0 spiro atoms. The molecule has 0 bridgehead atoms. The van der Waals surface area contributed by atoms with Crippen LogP contribution in [0.1, 0.15) is 38.4 Å². The highest BCUT2D eigenvalue weighted by Crippen LogP contribution is 2.25. The maximum atomic E-state index is 9.98. The van der Waals surface area contributed by atoms with E-state index in [9.17, 15) is 5.11 Å². The Morgan fingerprint density at radius 2 is 1.94 bits per heavy atom. The molecule has 0 aromatic heterocycles. The molecule has 17 heavy (non-hydrogen) atoms. The second-order valence-corrected chi connectivity index (χ2v) is 4.01. The van der Waals surface area contributed by atoms with Crippen LogP contribution in [0.15, 0.2) is 24.3 Å². The van der Waals surface area contributed by atoms with Crippen molar-refractivity contribution < 1.29 is 9.84 Å². The Morgan fingerprint density at radius 1 is 1.29 bits per heavy atom. The number of aliphatic hydroxyl groups is 1. The first-order chi connectivity index (χ1) is 8.22. The van der Waals surface area contributed by atoms with Gasteiger partial charge in [0.1, 0.15) is 5.75 Å². The van der Waals surface area contributed by atoms with Crippen molar-refractivity contribution in [3.05, 3.63) is 29.8 Å². The third-order valence-corrected chi connectivity index (χ3v) is 2.68. The quantitative estimate of drug-likeness (QED) is 0.821. The van der Waals surface area contributed by atoms with Crippen LogP contribution in [0.3, 0.4) is 0 Å². The van der Waals surface area contributed by atoms with Crippen molar-refractivity contribution in [3.63, 3.8) is 0 Å². The van der Waals surface area contributed by atoms with Gasteiger partial charge in [-0.2, -0.15) is 5.26 Å². The Balaban J connectivity index is 2.70. The van der Waals surface area contributed by atoms with Crippen LogP contribution < -0.4 is 4.74 Å². The van der Waals surface area contributed by atoms with E-state index in [4.69, 9.17) is 10.00 Å². The van der Waals surface area contributed by atoms with Gasteiger partial charge in [-0.05, 0) is 30.5 Å². The second-order valence-electron chi connectivity index (χ2n) is 4.01. The maximum absolute atomic E-state index is 9.98. The summed E-state index contributed by atoms with van der Waals surface area (Å²) >= 11 is 0. The molecule has 1 rings (SSSR count). The molecular weight excluding hydrogens is 214 g/mol. The second kappa shape index (κ2) is 6.93. The molecule has 3 heteroatoms. The summed E-state index contributed by atoms with van der Waals surface area (Å²) in [7, 11) is 0. The Morgan fingerprint density at radius 3 is 2.41 bits per heavy atom. The van der Waals surface area contributed by atoms with Crippen molar-refractivity contribution >= 4 is 0 Å². The predicted octanol–water partition coefficient (Wildman–Crippen LogP) is 3.06. The molecular formula is C14H19NO2. The molecule has 0 heterocycles. The van der Waals surface area contributed by atoms with E-state index in [1.54, 1.807) is 0 Å². The topological polar surface area (TPSA) is 53.2 Å². The van der Waals surface area contributed by atoms with Crippen molar-refractivity contribution in [2.24, 2.45) is 5.92 Å². The van der Waals surface area contributed by atoms with Crippen LogP contribution in [0.4, 0.5) is 0 Å². The van der Waals surface area contributed by atoms with Gasteiger partial charge in [-0.3, -0.25) is 0 Å². The lowest BCUT2D eigenvalue weighted by Crippen LogP contribution is -2.09. The molecule has 0 aliphatic heterocycles. The molecule has 0 saturated carbocycles. The third-order valence-electron chi connectivity index (χ3n) is 2.68. The predicted molar refractivity (Wildman–Crippen MR) is 66.6 cm³/mol. The smallest absolute Gasteiger partial charge is 0.119 e. The molecule has 0 aliphatic carbocycles. The maximum Gasteiger partial charge on any atom is 0.119 e. The molecule has 0 saturated heterocycles. The first kappa shape index (κ1) is 13.5. The lowest BCUT2D eigenvalue weighted by atomic mass is 9.95. The Bertz CT molecular complexity index is 367. The number of nitriles is 1. The van der Waals surface area contributed by atoms with Gasteiger partial charge >= 0.3 is 0 Å². The number of nitrogens with zero attached hydrogens (tertiary/aromatic N) is 1. The highest BCUT2D eigenvalue weighted by molar-refractivity contribution is 5.29. The number of ether oxygens (including phenoxy) is 1. The Labute approximate surface area is 103 Å². The number of hydrogen-bond donors (Lipinski definition) is 1. The molecule has 2 atom stereocenters. The normalized spacial score (nSPS) is 13.8. The molecule has 0 fully saturated rings. The number of aliphatic hydroxyl groups excluding tert-OH is 1. The molecule has 1 aromatic carbocycles. The van der Waals surface area contributed by atoms with E-state index in [-0.39, 0.29) is 5.92 Å². The van der Waals surface area contributed by atoms with E-state index in [0.717, 1.165) is 17.7 Å². The zero-order chi connectivity index (χ0) is 12.7. The first-order valence-electron chi connectivity index (χ1n) is 6.03. The van der Waals surface area contributed by atoms with Crippen LogP contribution in [0.2, 0.25) is 0 Å². The average Bonchev–Trinajstić information content (AvgIpc) is 2.38. The SMILES string of the molecule is CCCOc1ccc(C(O)C(C#N)CC)cc1. The molecule has 0 amide bonds. The average molecular weight is 233 g/mol. The molecule has 1 aromatic rings. The summed E-state index contributed by atoms with van der Waals surface area (Å²) in [6.07, 6.45) is 0.896. The summed E-state index contributed by atoms with van der Waals surface area (Å²) in [5.74, 6) is 0.449. The van der Waals surface area contributed by atoms with Gasteiger partial charge < -0.3 is 9.84 Å². The Hall–Kier alpha value is -1.53. The monoisotopic (exact) mass is 233 g/mol. The minimum Gasteiger partial charge on any atom is -0.494 e. The van der Waals surface area contributed by atoms with E-state index in [2.05, 4.69) is 13.0 Å². The summed E-state index contributed by atoms with van der Waals surface area (Å²) < 4.78 is 5.46. The number of rotatable bonds is 6. The van der Waals surface area contributed by atoms with Crippen molar-refractivity contribution in [1.29, 1.82) is 5.26 Å². The Kier molecular flexibility index (Phi) is 5.51. The zero-order valence-electron chi connectivity index (χ0n) is 10.4. The van der Waals surface area contributed by atoms with Gasteiger partial charge in [-0.15, -0.1) is 0 Å². The van der Waals surface area contributed by atoms with Gasteiger partial charge in [-0.25, -0.2) is 0 Å². The van der Waals surface area contributed by atoms with Crippen molar-refractivity contribution in [1.82, 2.24) is 0 Å². The van der Waals surface area contributed by atoms with Crippen LogP contribution in [0.5, 0.6) is 5.75 Å². The third kappa shape index (κ3) is 3.76. The summed E-state index contributed by atoms with van der Waals surface area (Å²) in [5.41, 5.74) is 0.766. The van der Waals surface area contributed by atoms with Crippen LogP contribution in [-0.2, 0) is 0 Å². The molecule has 2 unspecified atom stereocenters. The molecule has 0 aliphatic rings. The van der Waals surface area contributed by atoms with Gasteiger partial charge in [0.05, 0.1) is 24.7 Å². The fraction of sp³-hybridized carbons (Fsp3) is 0.500. The van der Waals surface area contributed by atoms with Crippen LogP contribution in [0.25, 0.3) is 0 Å². The van der Waals surface area contributed by atoms with Gasteiger partial charge in [-0.1, -0.05) is 26.0 Å². The lowest BCUT2D eigenvalue weighted by molar-refractivity contribution is 0.132. The van der Waals surface area contributed by atoms with Crippen molar-refractivity contribution in [3.8, 4) is 11.8 Å². The van der Waals surface area contributed by atoms with Gasteiger partial charge in [0.2, 0.25) is 0 Å². The fourth-order valence-corrected chi connectivity index (χ4v) is 1.60. The molecule has 1 N–H and O–H groups in total. The molecule has 92 valence electrons. The van der Waals surface area contributed by atoms with E-state index in [1.165, 1.54) is 0 Å². The lowest BCUT2D eigenvalue weighted by Gasteiger charge is -2.15. The van der Waals surface area contributed by atoms with Crippen LogP contribution in [-0.4, -0.2) is 11.7 Å². The van der Waals surface area contributed by atoms with Gasteiger partial charge in [0, 0.05) is 0 Å². The largest absolute Gasteiger partial charge is 0.494 e. The van der Waals surface area contributed by atoms with Crippen LogP contribution in [0, 0.1) is 17.2 Å². The van der Waals surface area contributed by atoms with E-state index >= 15 is 0 Å². The standard InChI is InChI=1S/C14H19NO2/c1-3-9-17-13-7-5-12(6-8-13)14(16)11(4-2)10-15/h5-8,11,14,16H,3-4,9H2,1-2H3. The zero-order valence-corrected chi connectivity index (χ0v) is 10.4. The summed E-state index contributed by atoms with van der Waals surface area (Å²) in [6.45, 7) is 4.64. The van der Waals surface area contributed by atoms with E-state index in [1.807, 2.05) is 31.2 Å². The fourth-order valence-electron chi connectivity index (χ4n) is 1.60. The van der Waals surface area contributed by atoms with Crippen LogP contribution >= 0.6 is 0 Å². The summed E-state index contributed by atoms with van der Waals surface area (Å²) in [5, 5.41) is 18.9. The molecule has 3 nitrogen and oxygen atoms in total. The summed E-state index contributed by atoms with van der Waals surface area (Å²) in [4.78, 5) is 0. The highest BCUT2D eigenvalue weighted by Gasteiger charge is 2.18. The minimum atomic E-state index is -0.717. The highest BCUT2D eigenvalue weighted by atomic mass is 16.5. The number of benzene rings is 1. The van der Waals surface area contributed by atoms with E-state index in [0.29, 0.717) is 13.0 Å². The van der Waals surface area contributed by atoms with Gasteiger partial charge in [0.15, 0.2) is 0 Å². The van der Waals surface area contributed by atoms with Crippen molar-refractivity contribution in [2.45, 2.75) is 32.8 Å². The first-order valence-corrected chi connectivity index (χ1v) is 6.03. The minimum absolute atomic E-state index is 0.350. The van der Waals surface area contributed by atoms with Gasteiger partial charge in [0.25, 0.3) is 0 Å². The molecule has 0 radical (unpaired) electrons. The van der Waals surface area contributed by atoms with Crippen molar-refractivity contribution in [2.75, 3.05) is 6.61 Å². The summed E-state index contributed by atoms with van der Waals surface area (Å²) in [6, 6.07) is 9.41. The van der Waals surface area contributed by atoms with E-state index < -0.39 is 6.10 Å².